The van der Waals surface area contributed by atoms with E-state index in [-0.39, 0.29) is 18.9 Å². The van der Waals surface area contributed by atoms with Crippen molar-refractivity contribution in [2.75, 3.05) is 19.8 Å². The van der Waals surface area contributed by atoms with Crippen LogP contribution in [-0.2, 0) is 23.7 Å². The third-order valence-corrected chi connectivity index (χ3v) is 14.5. The number of allylic oxidation sites excluding steroid dienone is 7. The van der Waals surface area contributed by atoms with E-state index in [4.69, 9.17) is 18.9 Å². The molecular formula is C60H109NO13. The Morgan fingerprint density at radius 3 is 1.41 bits per heavy atom. The molecule has 0 aromatic heterocycles. The van der Waals surface area contributed by atoms with Crippen molar-refractivity contribution in [3.63, 3.8) is 0 Å². The molecule has 432 valence electrons. The van der Waals surface area contributed by atoms with Gasteiger partial charge in [-0.25, -0.2) is 0 Å². The molecule has 2 aliphatic heterocycles. The first-order valence-electron chi connectivity index (χ1n) is 29.9. The second kappa shape index (κ2) is 45.9. The number of ether oxygens (including phenoxy) is 4. The largest absolute Gasteiger partial charge is 0.394 e. The SMILES string of the molecule is CCCCCCC/C=C\C/C=C\CCCCCCCCCCCCCCCCCC(=O)NC(COC1OC(CO)C(OC2OC(CO)C(O)C(O)C2O)C(O)C1O)C(O)/C=C/CC/C=C/CCCCCCCCC. The predicted octanol–water partition coefficient (Wildman–Crippen LogP) is 10.0. The van der Waals surface area contributed by atoms with Gasteiger partial charge < -0.3 is 65.1 Å². The molecule has 9 N–H and O–H groups in total. The zero-order valence-corrected chi connectivity index (χ0v) is 46.3. The Morgan fingerprint density at radius 1 is 0.486 bits per heavy atom. The Bertz CT molecular complexity index is 1430. The number of carbonyl (C=O) groups excluding carboxylic acids is 1. The van der Waals surface area contributed by atoms with Crippen LogP contribution in [0, 0.1) is 0 Å². The quantitative estimate of drug-likeness (QED) is 0.0205. The Morgan fingerprint density at radius 2 is 0.905 bits per heavy atom. The third-order valence-electron chi connectivity index (χ3n) is 14.5. The van der Waals surface area contributed by atoms with Crippen molar-refractivity contribution in [1.82, 2.24) is 5.32 Å². The van der Waals surface area contributed by atoms with Crippen LogP contribution in [0.1, 0.15) is 232 Å². The van der Waals surface area contributed by atoms with Gasteiger partial charge in [0, 0.05) is 6.42 Å². The predicted molar refractivity (Wildman–Crippen MR) is 295 cm³/mol. The number of nitrogens with one attached hydrogen (secondary N) is 1. The summed E-state index contributed by atoms with van der Waals surface area (Å²) in [5, 5.41) is 86.9. The van der Waals surface area contributed by atoms with Crippen LogP contribution in [0.25, 0.3) is 0 Å². The number of aliphatic hydroxyl groups excluding tert-OH is 8. The van der Waals surface area contributed by atoms with Gasteiger partial charge in [0.2, 0.25) is 5.91 Å². The summed E-state index contributed by atoms with van der Waals surface area (Å²) in [7, 11) is 0. The van der Waals surface area contributed by atoms with Crippen molar-refractivity contribution in [1.29, 1.82) is 0 Å². The number of hydrogen-bond acceptors (Lipinski definition) is 13. The van der Waals surface area contributed by atoms with Gasteiger partial charge in [0.1, 0.15) is 48.8 Å². The molecular weight excluding hydrogens is 943 g/mol. The lowest BCUT2D eigenvalue weighted by atomic mass is 9.97. The zero-order valence-electron chi connectivity index (χ0n) is 46.3. The van der Waals surface area contributed by atoms with Crippen LogP contribution in [0.15, 0.2) is 48.6 Å². The normalized spacial score (nSPS) is 25.5. The maximum Gasteiger partial charge on any atom is 0.220 e. The average Bonchev–Trinajstić information content (AvgIpc) is 3.40. The molecule has 0 aliphatic carbocycles. The van der Waals surface area contributed by atoms with Crippen LogP contribution in [0.3, 0.4) is 0 Å². The van der Waals surface area contributed by atoms with Gasteiger partial charge in [-0.05, 0) is 64.2 Å². The molecule has 0 bridgehead atoms. The van der Waals surface area contributed by atoms with Crippen molar-refractivity contribution < 1.29 is 64.6 Å². The highest BCUT2D eigenvalue weighted by atomic mass is 16.7. The summed E-state index contributed by atoms with van der Waals surface area (Å²) >= 11 is 0. The topological polar surface area (TPSA) is 228 Å². The van der Waals surface area contributed by atoms with Crippen LogP contribution in [0.2, 0.25) is 0 Å². The van der Waals surface area contributed by atoms with Crippen LogP contribution in [0.5, 0.6) is 0 Å². The average molecular weight is 1050 g/mol. The summed E-state index contributed by atoms with van der Waals surface area (Å²) in [6.07, 6.45) is 40.2. The second-order valence-electron chi connectivity index (χ2n) is 21.1. The monoisotopic (exact) mass is 1050 g/mol. The molecule has 12 unspecified atom stereocenters. The molecule has 12 atom stereocenters. The second-order valence-corrected chi connectivity index (χ2v) is 21.1. The van der Waals surface area contributed by atoms with E-state index >= 15 is 0 Å². The van der Waals surface area contributed by atoms with Gasteiger partial charge in [-0.1, -0.05) is 210 Å². The number of amides is 1. The molecule has 14 nitrogen and oxygen atoms in total. The molecule has 2 saturated heterocycles. The molecule has 0 saturated carbocycles. The van der Waals surface area contributed by atoms with Gasteiger partial charge in [0.25, 0.3) is 0 Å². The first-order valence-corrected chi connectivity index (χ1v) is 29.9. The highest BCUT2D eigenvalue weighted by molar-refractivity contribution is 5.76. The number of carbonyl (C=O) groups is 1. The van der Waals surface area contributed by atoms with Gasteiger partial charge in [0.15, 0.2) is 12.6 Å². The summed E-state index contributed by atoms with van der Waals surface area (Å²) in [5.74, 6) is -0.250. The van der Waals surface area contributed by atoms with Crippen LogP contribution in [-0.4, -0.2) is 140 Å². The van der Waals surface area contributed by atoms with Crippen LogP contribution >= 0.6 is 0 Å². The Balaban J connectivity index is 1.71. The fourth-order valence-electron chi connectivity index (χ4n) is 9.63. The minimum absolute atomic E-state index is 0.250. The first-order chi connectivity index (χ1) is 36.1. The van der Waals surface area contributed by atoms with Crippen molar-refractivity contribution in [3.05, 3.63) is 48.6 Å². The van der Waals surface area contributed by atoms with Crippen molar-refractivity contribution >= 4 is 5.91 Å². The zero-order chi connectivity index (χ0) is 53.9. The molecule has 0 spiro atoms. The van der Waals surface area contributed by atoms with Gasteiger partial charge in [-0.3, -0.25) is 4.79 Å². The number of rotatable bonds is 47. The summed E-state index contributed by atoms with van der Waals surface area (Å²) in [6.45, 7) is 2.76. The molecule has 14 heteroatoms. The van der Waals surface area contributed by atoms with Crippen molar-refractivity contribution in [2.24, 2.45) is 0 Å². The molecule has 2 rings (SSSR count). The van der Waals surface area contributed by atoms with E-state index in [1.807, 2.05) is 6.08 Å². The van der Waals surface area contributed by atoms with Crippen molar-refractivity contribution in [2.45, 2.75) is 306 Å². The smallest absolute Gasteiger partial charge is 0.220 e. The highest BCUT2D eigenvalue weighted by Crippen LogP contribution is 2.30. The summed E-state index contributed by atoms with van der Waals surface area (Å²) in [6, 6.07) is -0.931. The maximum absolute atomic E-state index is 13.2. The Hall–Kier alpha value is -2.05. The number of aliphatic hydroxyl groups is 8. The Labute approximate surface area is 448 Å². The number of hydrogen-bond donors (Lipinski definition) is 9. The van der Waals surface area contributed by atoms with Gasteiger partial charge in [-0.2, -0.15) is 0 Å². The maximum atomic E-state index is 13.2. The molecule has 0 aromatic carbocycles. The van der Waals surface area contributed by atoms with E-state index in [9.17, 15) is 45.6 Å². The van der Waals surface area contributed by atoms with E-state index < -0.39 is 86.8 Å². The van der Waals surface area contributed by atoms with E-state index in [1.165, 1.54) is 161 Å². The summed E-state index contributed by atoms with van der Waals surface area (Å²) < 4.78 is 22.7. The molecule has 74 heavy (non-hydrogen) atoms. The molecule has 2 fully saturated rings. The molecule has 0 aromatic rings. The number of unbranched alkanes of at least 4 members (excludes halogenated alkanes) is 28. The minimum Gasteiger partial charge on any atom is -0.394 e. The van der Waals surface area contributed by atoms with E-state index in [1.54, 1.807) is 6.08 Å². The molecule has 0 radical (unpaired) electrons. The fourth-order valence-corrected chi connectivity index (χ4v) is 9.63. The van der Waals surface area contributed by atoms with Gasteiger partial charge in [0.05, 0.1) is 32.0 Å². The third kappa shape index (κ3) is 31.4. The van der Waals surface area contributed by atoms with Gasteiger partial charge in [-0.15, -0.1) is 0 Å². The molecule has 2 heterocycles. The van der Waals surface area contributed by atoms with E-state index in [2.05, 4.69) is 55.6 Å². The van der Waals surface area contributed by atoms with Crippen LogP contribution < -0.4 is 5.32 Å². The summed E-state index contributed by atoms with van der Waals surface area (Å²) in [5.41, 5.74) is 0. The molecule has 2 aliphatic rings. The molecule has 1 amide bonds. The van der Waals surface area contributed by atoms with E-state index in [0.29, 0.717) is 12.8 Å². The summed E-state index contributed by atoms with van der Waals surface area (Å²) in [4.78, 5) is 13.2. The lowest BCUT2D eigenvalue weighted by Crippen LogP contribution is -2.65. The fraction of sp³-hybridized carbons (Fsp3) is 0.850. The first kappa shape index (κ1) is 68.1. The highest BCUT2D eigenvalue weighted by Gasteiger charge is 2.51. The minimum atomic E-state index is -1.79. The van der Waals surface area contributed by atoms with Gasteiger partial charge >= 0.3 is 0 Å². The lowest BCUT2D eigenvalue weighted by Gasteiger charge is -2.46. The lowest BCUT2D eigenvalue weighted by molar-refractivity contribution is -0.359. The van der Waals surface area contributed by atoms with Crippen molar-refractivity contribution in [3.8, 4) is 0 Å². The van der Waals surface area contributed by atoms with E-state index in [0.717, 1.165) is 38.5 Å². The van der Waals surface area contributed by atoms with Crippen LogP contribution in [0.4, 0.5) is 0 Å². The Kier molecular flexibility index (Phi) is 42.2. The standard InChI is InChI=1S/C60H109NO13/c1-3-5-7-9-11-13-15-17-18-19-20-21-22-23-24-25-26-27-28-29-30-32-34-36-38-40-42-44-52(65)61-48(49(64)43-41-39-37-35-33-31-16-14-12-10-8-6-4-2)47-71-59-57(70)55(68)58(51(46-63)73-59)74-60-56(69)54(67)53(66)50(45-62)72-60/h15,17,19-20,33,35,41,43,48-51,53-60,62-64,66-70H,3-14,16,18,21-32,34,36-40,42,44-47H2,1-2H3,(H,61,65)/b17-15-,20-19-,35-33+,43-41+.